The summed E-state index contributed by atoms with van der Waals surface area (Å²) in [6, 6.07) is 1.80. The lowest BCUT2D eigenvalue weighted by atomic mass is 10.0. The summed E-state index contributed by atoms with van der Waals surface area (Å²) in [6.07, 6.45) is -2.03. The van der Waals surface area contributed by atoms with Crippen LogP contribution < -0.4 is 19.9 Å². The molecule has 0 aliphatic heterocycles. The van der Waals surface area contributed by atoms with Gasteiger partial charge >= 0.3 is 5.97 Å². The quantitative estimate of drug-likeness (QED) is 0.771. The first kappa shape index (κ1) is 17.0. The van der Waals surface area contributed by atoms with E-state index in [1.807, 2.05) is 0 Å². The Bertz CT molecular complexity index is 469. The second-order valence-electron chi connectivity index (χ2n) is 4.13. The maximum Gasteiger partial charge on any atom is 0.342 e. The summed E-state index contributed by atoms with van der Waals surface area (Å²) in [5.41, 5.74) is 6.07. The molecule has 0 aliphatic carbocycles. The summed E-state index contributed by atoms with van der Waals surface area (Å²) in [7, 11) is 4.29. The molecule has 6 nitrogen and oxygen atoms in total. The summed E-state index contributed by atoms with van der Waals surface area (Å²) in [6.45, 7) is 1.66. The van der Waals surface area contributed by atoms with Crippen LogP contribution in [0.4, 0.5) is 4.39 Å². The van der Waals surface area contributed by atoms with Gasteiger partial charge in [0, 0.05) is 12.1 Å². The molecular formula is C14H20FNO5. The number of hydrogen-bond donors (Lipinski definition) is 1. The van der Waals surface area contributed by atoms with Gasteiger partial charge in [-0.05, 0) is 6.92 Å². The van der Waals surface area contributed by atoms with E-state index in [9.17, 15) is 9.18 Å². The van der Waals surface area contributed by atoms with Gasteiger partial charge in [-0.1, -0.05) is 0 Å². The molecule has 0 saturated carbocycles. The molecule has 0 amide bonds. The number of carbonyl (C=O) groups excluding carboxylic acids is 1. The van der Waals surface area contributed by atoms with Gasteiger partial charge in [0.15, 0.2) is 0 Å². The highest BCUT2D eigenvalue weighted by molar-refractivity contribution is 5.76. The second kappa shape index (κ2) is 7.68. The lowest BCUT2D eigenvalue weighted by Gasteiger charge is -2.21. The minimum Gasteiger partial charge on any atom is -0.496 e. The second-order valence-corrected chi connectivity index (χ2v) is 4.13. The molecule has 0 aliphatic rings. The first-order valence-electron chi connectivity index (χ1n) is 6.36. The van der Waals surface area contributed by atoms with Crippen LogP contribution in [0.3, 0.4) is 0 Å². The van der Waals surface area contributed by atoms with E-state index >= 15 is 0 Å². The molecule has 1 aromatic rings. The summed E-state index contributed by atoms with van der Waals surface area (Å²) in [4.78, 5) is 11.5. The zero-order valence-electron chi connectivity index (χ0n) is 12.5. The van der Waals surface area contributed by atoms with Crippen LogP contribution in [0.1, 0.15) is 18.5 Å². The van der Waals surface area contributed by atoms with Gasteiger partial charge in [0.05, 0.1) is 39.5 Å². The van der Waals surface area contributed by atoms with Gasteiger partial charge in [0.2, 0.25) is 6.17 Å². The van der Waals surface area contributed by atoms with Crippen LogP contribution >= 0.6 is 0 Å². The summed E-state index contributed by atoms with van der Waals surface area (Å²) >= 11 is 0. The molecule has 0 heterocycles. The van der Waals surface area contributed by atoms with Crippen molar-refractivity contribution in [2.75, 3.05) is 27.9 Å². The standard InChI is InChI=1S/C14H20FNO5/c1-5-21-14(17)12(15)13(16)11-9(19-3)6-8(18-2)7-10(11)20-4/h6-7,12-13H,5,16H2,1-4H3/t12?,13-/m1/s1. The number of nitrogens with two attached hydrogens (primary N) is 1. The van der Waals surface area contributed by atoms with E-state index in [0.29, 0.717) is 5.75 Å². The first-order chi connectivity index (χ1) is 9.99. The van der Waals surface area contributed by atoms with Gasteiger partial charge in [-0.2, -0.15) is 0 Å². The Morgan fingerprint density at radius 3 is 2.10 bits per heavy atom. The van der Waals surface area contributed by atoms with Gasteiger partial charge in [-0.15, -0.1) is 0 Å². The molecule has 1 aromatic carbocycles. The van der Waals surface area contributed by atoms with Crippen LogP contribution in [0.15, 0.2) is 12.1 Å². The number of esters is 1. The molecule has 0 fully saturated rings. The van der Waals surface area contributed by atoms with Crippen LogP contribution in [0.5, 0.6) is 17.2 Å². The van der Waals surface area contributed by atoms with Crippen molar-refractivity contribution in [2.24, 2.45) is 5.73 Å². The van der Waals surface area contributed by atoms with Crippen LogP contribution in [0.25, 0.3) is 0 Å². The predicted molar refractivity (Wildman–Crippen MR) is 74.6 cm³/mol. The third-order valence-corrected chi connectivity index (χ3v) is 2.91. The largest absolute Gasteiger partial charge is 0.496 e. The summed E-state index contributed by atoms with van der Waals surface area (Å²) in [5.74, 6) is -0.0209. The molecular weight excluding hydrogens is 281 g/mol. The van der Waals surface area contributed by atoms with Crippen molar-refractivity contribution in [2.45, 2.75) is 19.1 Å². The molecule has 1 unspecified atom stereocenters. The molecule has 0 saturated heterocycles. The molecule has 0 spiro atoms. The number of halogens is 1. The van der Waals surface area contributed by atoms with Crippen LogP contribution in [-0.2, 0) is 9.53 Å². The van der Waals surface area contributed by atoms with E-state index in [1.54, 1.807) is 6.92 Å². The average molecular weight is 301 g/mol. The van der Waals surface area contributed by atoms with Gasteiger partial charge in [0.25, 0.3) is 0 Å². The SMILES string of the molecule is CCOC(=O)C(F)[C@H](N)c1c(OC)cc(OC)cc1OC. The molecule has 0 radical (unpaired) electrons. The normalized spacial score (nSPS) is 13.2. The zero-order chi connectivity index (χ0) is 16.0. The number of carbonyl (C=O) groups is 1. The fourth-order valence-electron chi connectivity index (χ4n) is 1.88. The maximum atomic E-state index is 14.1. The Labute approximate surface area is 122 Å². The lowest BCUT2D eigenvalue weighted by Crippen LogP contribution is -2.32. The molecule has 2 atom stereocenters. The predicted octanol–water partition coefficient (Wildman–Crippen LogP) is 1.61. The van der Waals surface area contributed by atoms with Crippen molar-refractivity contribution in [3.8, 4) is 17.2 Å². The molecule has 7 heteroatoms. The Morgan fingerprint density at radius 2 is 1.71 bits per heavy atom. The average Bonchev–Trinajstić information content (AvgIpc) is 2.51. The Hall–Kier alpha value is -2.02. The highest BCUT2D eigenvalue weighted by atomic mass is 19.1. The third-order valence-electron chi connectivity index (χ3n) is 2.91. The zero-order valence-corrected chi connectivity index (χ0v) is 12.5. The number of rotatable bonds is 7. The van der Waals surface area contributed by atoms with Gasteiger partial charge in [0.1, 0.15) is 17.2 Å². The highest BCUT2D eigenvalue weighted by Crippen LogP contribution is 2.39. The van der Waals surface area contributed by atoms with Crippen molar-refractivity contribution in [1.82, 2.24) is 0 Å². The van der Waals surface area contributed by atoms with Crippen LogP contribution in [0.2, 0.25) is 0 Å². The highest BCUT2D eigenvalue weighted by Gasteiger charge is 2.32. The monoisotopic (exact) mass is 301 g/mol. The van der Waals surface area contributed by atoms with Crippen molar-refractivity contribution >= 4 is 5.97 Å². The van der Waals surface area contributed by atoms with E-state index in [0.717, 1.165) is 0 Å². The van der Waals surface area contributed by atoms with Crippen molar-refractivity contribution in [3.05, 3.63) is 17.7 Å². The maximum absolute atomic E-state index is 14.1. The Balaban J connectivity index is 3.23. The van der Waals surface area contributed by atoms with E-state index in [-0.39, 0.29) is 23.7 Å². The molecule has 0 aromatic heterocycles. The van der Waals surface area contributed by atoms with Crippen molar-refractivity contribution < 1.29 is 28.1 Å². The lowest BCUT2D eigenvalue weighted by molar-refractivity contribution is -0.149. The van der Waals surface area contributed by atoms with E-state index in [4.69, 9.17) is 19.9 Å². The minimum atomic E-state index is -2.03. The van der Waals surface area contributed by atoms with Crippen LogP contribution in [-0.4, -0.2) is 40.1 Å². The molecule has 21 heavy (non-hydrogen) atoms. The Morgan fingerprint density at radius 1 is 1.19 bits per heavy atom. The number of benzene rings is 1. The van der Waals surface area contributed by atoms with Crippen molar-refractivity contribution in [1.29, 1.82) is 0 Å². The van der Waals surface area contributed by atoms with Gasteiger partial charge < -0.3 is 24.7 Å². The summed E-state index contributed by atoms with van der Waals surface area (Å²) < 4.78 is 34.2. The molecule has 1 rings (SSSR count). The number of ether oxygens (including phenoxy) is 4. The third kappa shape index (κ3) is 3.75. The van der Waals surface area contributed by atoms with Gasteiger partial charge in [-0.25, -0.2) is 9.18 Å². The number of hydrogen-bond acceptors (Lipinski definition) is 6. The fourth-order valence-corrected chi connectivity index (χ4v) is 1.88. The Kier molecular flexibility index (Phi) is 6.23. The van der Waals surface area contributed by atoms with Crippen molar-refractivity contribution in [3.63, 3.8) is 0 Å². The first-order valence-corrected chi connectivity index (χ1v) is 6.36. The summed E-state index contributed by atoms with van der Waals surface area (Å²) in [5, 5.41) is 0. The fraction of sp³-hybridized carbons (Fsp3) is 0.500. The van der Waals surface area contributed by atoms with E-state index < -0.39 is 18.2 Å². The van der Waals surface area contributed by atoms with Crippen LogP contribution in [0, 0.1) is 0 Å². The topological polar surface area (TPSA) is 80.0 Å². The van der Waals surface area contributed by atoms with E-state index in [1.165, 1.54) is 33.5 Å². The molecule has 118 valence electrons. The van der Waals surface area contributed by atoms with E-state index in [2.05, 4.69) is 4.74 Å². The smallest absolute Gasteiger partial charge is 0.342 e. The minimum absolute atomic E-state index is 0.0723. The van der Waals surface area contributed by atoms with Gasteiger partial charge in [-0.3, -0.25) is 0 Å². The number of methoxy groups -OCH3 is 3. The number of alkyl halides is 1. The molecule has 0 bridgehead atoms. The molecule has 2 N–H and O–H groups in total.